The highest BCUT2D eigenvalue weighted by Gasteiger charge is 1.96. The highest BCUT2D eigenvalue weighted by Crippen LogP contribution is 2.13. The molecule has 0 saturated carbocycles. The first-order chi connectivity index (χ1) is 6.09. The van der Waals surface area contributed by atoms with E-state index in [1.807, 2.05) is 30.3 Å². The fraction of sp³-hybridized carbons (Fsp3) is 0.182. The average Bonchev–Trinajstić information content (AvgIpc) is 2.04. The van der Waals surface area contributed by atoms with Crippen molar-refractivity contribution in [3.05, 3.63) is 40.4 Å². The molecule has 0 aliphatic heterocycles. The number of rotatable bonds is 2. The van der Waals surface area contributed by atoms with Crippen LogP contribution < -0.4 is 0 Å². The van der Waals surface area contributed by atoms with E-state index in [1.54, 1.807) is 13.8 Å². The average molecular weight is 195 g/mol. The fourth-order valence-corrected chi connectivity index (χ4v) is 1.15. The van der Waals surface area contributed by atoms with E-state index in [2.05, 4.69) is 0 Å². The van der Waals surface area contributed by atoms with Crippen LogP contribution in [0, 0.1) is 0 Å². The van der Waals surface area contributed by atoms with Crippen molar-refractivity contribution < 1.29 is 4.79 Å². The van der Waals surface area contributed by atoms with Crippen molar-refractivity contribution in [1.29, 1.82) is 0 Å². The molecule has 68 valence electrons. The van der Waals surface area contributed by atoms with E-state index in [0.29, 0.717) is 5.02 Å². The molecule has 0 fully saturated rings. The van der Waals surface area contributed by atoms with Crippen molar-refractivity contribution in [1.82, 2.24) is 0 Å². The van der Waals surface area contributed by atoms with Crippen LogP contribution in [0.25, 0.3) is 6.08 Å². The Hall–Kier alpha value is -1.08. The van der Waals surface area contributed by atoms with E-state index < -0.39 is 0 Å². The Balaban J connectivity index is 2.97. The summed E-state index contributed by atoms with van der Waals surface area (Å²) in [4.78, 5) is 10.9. The van der Waals surface area contributed by atoms with Gasteiger partial charge in [0.1, 0.15) is 0 Å². The molecule has 0 aliphatic carbocycles. The van der Waals surface area contributed by atoms with Gasteiger partial charge in [0.15, 0.2) is 5.78 Å². The topological polar surface area (TPSA) is 17.1 Å². The van der Waals surface area contributed by atoms with Crippen molar-refractivity contribution in [2.24, 2.45) is 0 Å². The Morgan fingerprint density at radius 3 is 2.62 bits per heavy atom. The van der Waals surface area contributed by atoms with E-state index >= 15 is 0 Å². The summed E-state index contributed by atoms with van der Waals surface area (Å²) in [5, 5.41) is 0.685. The lowest BCUT2D eigenvalue weighted by Gasteiger charge is -1.96. The summed E-state index contributed by atoms with van der Waals surface area (Å²) in [6.45, 7) is 3.35. The minimum atomic E-state index is 0.0833. The number of Topliss-reactive ketones (excluding diaryl/α,β-unsaturated/α-hetero) is 1. The van der Waals surface area contributed by atoms with Crippen molar-refractivity contribution in [2.45, 2.75) is 13.8 Å². The van der Waals surface area contributed by atoms with Gasteiger partial charge in [0.05, 0.1) is 0 Å². The SMILES string of the molecule is CC(=O)/C(C)=C/c1cccc(Cl)c1. The number of allylic oxidation sites excluding steroid dienone is 1. The van der Waals surface area contributed by atoms with Gasteiger partial charge in [0, 0.05) is 5.02 Å². The Bertz CT molecular complexity index is 353. The zero-order valence-electron chi connectivity index (χ0n) is 7.67. The predicted octanol–water partition coefficient (Wildman–Crippen LogP) is 3.33. The molecule has 1 aromatic rings. The third kappa shape index (κ3) is 3.03. The van der Waals surface area contributed by atoms with Gasteiger partial charge in [0.2, 0.25) is 0 Å². The van der Waals surface area contributed by atoms with E-state index in [1.165, 1.54) is 0 Å². The van der Waals surface area contributed by atoms with Crippen LogP contribution >= 0.6 is 11.6 Å². The number of halogens is 1. The molecule has 0 radical (unpaired) electrons. The molecule has 0 aliphatic rings. The third-order valence-corrected chi connectivity index (χ3v) is 2.02. The summed E-state index contributed by atoms with van der Waals surface area (Å²) < 4.78 is 0. The number of ketones is 1. The minimum Gasteiger partial charge on any atom is -0.295 e. The summed E-state index contributed by atoms with van der Waals surface area (Å²) in [7, 11) is 0. The second kappa shape index (κ2) is 4.24. The third-order valence-electron chi connectivity index (χ3n) is 1.79. The molecule has 0 bridgehead atoms. The van der Waals surface area contributed by atoms with Crippen LogP contribution in [0.2, 0.25) is 5.02 Å². The Morgan fingerprint density at radius 1 is 1.38 bits per heavy atom. The molecule has 0 atom stereocenters. The maximum absolute atomic E-state index is 10.9. The van der Waals surface area contributed by atoms with Crippen molar-refractivity contribution in [3.8, 4) is 0 Å². The molecule has 0 saturated heterocycles. The molecule has 0 aromatic heterocycles. The highest BCUT2D eigenvalue weighted by molar-refractivity contribution is 6.30. The van der Waals surface area contributed by atoms with Gasteiger partial charge in [-0.1, -0.05) is 23.7 Å². The summed E-state index contributed by atoms with van der Waals surface area (Å²) in [5.74, 6) is 0.0833. The highest BCUT2D eigenvalue weighted by atomic mass is 35.5. The smallest absolute Gasteiger partial charge is 0.155 e. The van der Waals surface area contributed by atoms with Gasteiger partial charge < -0.3 is 0 Å². The van der Waals surface area contributed by atoms with Crippen LogP contribution in [0.5, 0.6) is 0 Å². The van der Waals surface area contributed by atoms with Crippen LogP contribution in [-0.2, 0) is 4.79 Å². The molecule has 0 heterocycles. The zero-order chi connectivity index (χ0) is 9.84. The number of carbonyl (C=O) groups excluding carboxylic acids is 1. The number of benzene rings is 1. The van der Waals surface area contributed by atoms with Crippen LogP contribution in [0.15, 0.2) is 29.8 Å². The van der Waals surface area contributed by atoms with E-state index in [-0.39, 0.29) is 5.78 Å². The molecule has 0 N–H and O–H groups in total. The van der Waals surface area contributed by atoms with Crippen LogP contribution in [-0.4, -0.2) is 5.78 Å². The Labute approximate surface area is 83.0 Å². The molecule has 2 heteroatoms. The molecule has 1 aromatic carbocycles. The Kier molecular flexibility index (Phi) is 3.26. The van der Waals surface area contributed by atoms with Gasteiger partial charge in [-0.15, -0.1) is 0 Å². The number of hydrogen-bond acceptors (Lipinski definition) is 1. The summed E-state index contributed by atoms with van der Waals surface area (Å²) in [6.07, 6.45) is 1.83. The molecule has 0 spiro atoms. The molecule has 1 rings (SSSR count). The van der Waals surface area contributed by atoms with Gasteiger partial charge in [-0.05, 0) is 43.2 Å². The Morgan fingerprint density at radius 2 is 2.08 bits per heavy atom. The number of carbonyl (C=O) groups is 1. The first-order valence-electron chi connectivity index (χ1n) is 4.04. The largest absolute Gasteiger partial charge is 0.295 e. The molecule has 0 unspecified atom stereocenters. The second-order valence-electron chi connectivity index (χ2n) is 2.94. The molecule has 0 amide bonds. The summed E-state index contributed by atoms with van der Waals surface area (Å²) in [5.41, 5.74) is 1.70. The molecule has 13 heavy (non-hydrogen) atoms. The van der Waals surface area contributed by atoms with Crippen LogP contribution in [0.1, 0.15) is 19.4 Å². The first kappa shape index (κ1) is 10.0. The van der Waals surface area contributed by atoms with Crippen LogP contribution in [0.3, 0.4) is 0 Å². The van der Waals surface area contributed by atoms with E-state index in [0.717, 1.165) is 11.1 Å². The van der Waals surface area contributed by atoms with E-state index in [4.69, 9.17) is 11.6 Å². The lowest BCUT2D eigenvalue weighted by Crippen LogP contribution is -1.90. The molecular formula is C11H11ClO. The normalized spacial score (nSPS) is 11.5. The minimum absolute atomic E-state index is 0.0833. The molecular weight excluding hydrogens is 184 g/mol. The van der Waals surface area contributed by atoms with Crippen molar-refractivity contribution in [3.63, 3.8) is 0 Å². The van der Waals surface area contributed by atoms with Gasteiger partial charge in [-0.2, -0.15) is 0 Å². The summed E-state index contributed by atoms with van der Waals surface area (Å²) in [6, 6.07) is 7.41. The van der Waals surface area contributed by atoms with E-state index in [9.17, 15) is 4.79 Å². The maximum atomic E-state index is 10.9. The lowest BCUT2D eigenvalue weighted by atomic mass is 10.1. The van der Waals surface area contributed by atoms with Crippen LogP contribution in [0.4, 0.5) is 0 Å². The first-order valence-corrected chi connectivity index (χ1v) is 4.42. The monoisotopic (exact) mass is 194 g/mol. The lowest BCUT2D eigenvalue weighted by molar-refractivity contribution is -0.113. The second-order valence-corrected chi connectivity index (χ2v) is 3.37. The quantitative estimate of drug-likeness (QED) is 0.660. The predicted molar refractivity (Wildman–Crippen MR) is 55.8 cm³/mol. The van der Waals surface area contributed by atoms with Crippen molar-refractivity contribution in [2.75, 3.05) is 0 Å². The maximum Gasteiger partial charge on any atom is 0.155 e. The van der Waals surface area contributed by atoms with Gasteiger partial charge in [-0.25, -0.2) is 0 Å². The van der Waals surface area contributed by atoms with Gasteiger partial charge >= 0.3 is 0 Å². The van der Waals surface area contributed by atoms with Gasteiger partial charge in [-0.3, -0.25) is 4.79 Å². The van der Waals surface area contributed by atoms with Crippen molar-refractivity contribution >= 4 is 23.5 Å². The van der Waals surface area contributed by atoms with Gasteiger partial charge in [0.25, 0.3) is 0 Å². The molecule has 1 nitrogen and oxygen atoms in total. The number of hydrogen-bond donors (Lipinski definition) is 0. The fourth-order valence-electron chi connectivity index (χ4n) is 0.948. The zero-order valence-corrected chi connectivity index (χ0v) is 8.43. The standard InChI is InChI=1S/C11H11ClO/c1-8(9(2)13)6-10-4-3-5-11(12)7-10/h3-7H,1-2H3/b8-6+. The summed E-state index contributed by atoms with van der Waals surface area (Å²) >= 11 is 5.79.